The van der Waals surface area contributed by atoms with Crippen LogP contribution in [0.3, 0.4) is 0 Å². The van der Waals surface area contributed by atoms with Gasteiger partial charge in [0.05, 0.1) is 22.2 Å². The van der Waals surface area contributed by atoms with E-state index >= 15 is 0 Å². The minimum absolute atomic E-state index is 0.228. The molecule has 3 rings (SSSR count). The van der Waals surface area contributed by atoms with Crippen molar-refractivity contribution in [1.82, 2.24) is 5.16 Å². The molecule has 8 heteroatoms. The van der Waals surface area contributed by atoms with E-state index in [4.69, 9.17) is 32.5 Å². The summed E-state index contributed by atoms with van der Waals surface area (Å²) in [6.07, 6.45) is 0.746. The number of esters is 1. The normalized spacial score (nSPS) is 10.6. The van der Waals surface area contributed by atoms with Crippen LogP contribution in [-0.2, 0) is 4.74 Å². The molecule has 0 aliphatic carbocycles. The summed E-state index contributed by atoms with van der Waals surface area (Å²) in [6, 6.07) is 11.4. The summed E-state index contributed by atoms with van der Waals surface area (Å²) in [5.74, 6) is -0.514. The van der Waals surface area contributed by atoms with Gasteiger partial charge in [0.1, 0.15) is 17.0 Å². The quantitative estimate of drug-likeness (QED) is 0.499. The Morgan fingerprint density at radius 1 is 1.10 bits per heavy atom. The van der Waals surface area contributed by atoms with Crippen LogP contribution in [0.25, 0.3) is 11.3 Å². The van der Waals surface area contributed by atoms with Crippen LogP contribution in [-0.4, -0.2) is 23.6 Å². The number of hydrogen-bond donors (Lipinski definition) is 1. The molecule has 1 amide bonds. The van der Waals surface area contributed by atoms with Crippen molar-refractivity contribution in [2.24, 2.45) is 0 Å². The van der Waals surface area contributed by atoms with Crippen LogP contribution < -0.4 is 5.32 Å². The first-order valence-electron chi connectivity index (χ1n) is 8.91. The van der Waals surface area contributed by atoms with Gasteiger partial charge in [-0.15, -0.1) is 0 Å². The predicted molar refractivity (Wildman–Crippen MR) is 112 cm³/mol. The first-order valence-corrected chi connectivity index (χ1v) is 9.67. The molecule has 0 saturated heterocycles. The number of carbonyl (C=O) groups excluding carboxylic acids is 2. The van der Waals surface area contributed by atoms with E-state index in [0.717, 1.165) is 6.42 Å². The van der Waals surface area contributed by atoms with Gasteiger partial charge < -0.3 is 14.6 Å². The molecule has 0 aliphatic rings. The first kappa shape index (κ1) is 20.9. The standard InChI is InChI=1S/C21H18Cl2N2O4/c1-3-11-28-21(27)13-7-9-14(10-8-13)24-20(26)17-12(2)29-25-19(17)18-15(22)5-4-6-16(18)23/h4-10H,3,11H2,1-2H3,(H,24,26). The second-order valence-electron chi connectivity index (χ2n) is 6.23. The molecular formula is C21H18Cl2N2O4. The topological polar surface area (TPSA) is 81.4 Å². The molecule has 0 aliphatic heterocycles. The zero-order valence-corrected chi connectivity index (χ0v) is 17.3. The molecule has 0 spiro atoms. The third kappa shape index (κ3) is 4.60. The maximum absolute atomic E-state index is 12.9. The van der Waals surface area contributed by atoms with Gasteiger partial charge >= 0.3 is 5.97 Å². The van der Waals surface area contributed by atoms with Crippen LogP contribution in [0.15, 0.2) is 47.0 Å². The fraction of sp³-hybridized carbons (Fsp3) is 0.190. The number of amides is 1. The summed E-state index contributed by atoms with van der Waals surface area (Å²) in [5.41, 5.74) is 1.81. The molecule has 0 atom stereocenters. The molecule has 1 N–H and O–H groups in total. The molecule has 0 bridgehead atoms. The second-order valence-corrected chi connectivity index (χ2v) is 7.04. The third-order valence-corrected chi connectivity index (χ3v) is 4.74. The van der Waals surface area contributed by atoms with Gasteiger partial charge in [-0.25, -0.2) is 4.79 Å². The van der Waals surface area contributed by atoms with Crippen LogP contribution in [0.2, 0.25) is 10.0 Å². The zero-order chi connectivity index (χ0) is 21.0. The Labute approximate surface area is 177 Å². The average molecular weight is 433 g/mol. The third-order valence-electron chi connectivity index (χ3n) is 4.11. The van der Waals surface area contributed by atoms with E-state index in [2.05, 4.69) is 10.5 Å². The van der Waals surface area contributed by atoms with Crippen molar-refractivity contribution in [2.45, 2.75) is 20.3 Å². The highest BCUT2D eigenvalue weighted by molar-refractivity contribution is 6.39. The van der Waals surface area contributed by atoms with Crippen LogP contribution in [0.5, 0.6) is 0 Å². The van der Waals surface area contributed by atoms with Crippen molar-refractivity contribution in [3.63, 3.8) is 0 Å². The highest BCUT2D eigenvalue weighted by Gasteiger charge is 2.25. The number of aromatic nitrogens is 1. The fourth-order valence-electron chi connectivity index (χ4n) is 2.70. The molecule has 0 radical (unpaired) electrons. The average Bonchev–Trinajstić information content (AvgIpc) is 3.07. The number of carbonyl (C=O) groups is 2. The van der Waals surface area contributed by atoms with Gasteiger partial charge in [0.25, 0.3) is 5.91 Å². The van der Waals surface area contributed by atoms with Crippen molar-refractivity contribution >= 4 is 40.8 Å². The highest BCUT2D eigenvalue weighted by Crippen LogP contribution is 2.37. The minimum atomic E-state index is -0.434. The molecule has 6 nitrogen and oxygen atoms in total. The summed E-state index contributed by atoms with van der Waals surface area (Å²) in [6.45, 7) is 3.91. The molecule has 0 unspecified atom stereocenters. The van der Waals surface area contributed by atoms with Crippen molar-refractivity contribution < 1.29 is 18.8 Å². The Morgan fingerprint density at radius 3 is 2.38 bits per heavy atom. The van der Waals surface area contributed by atoms with E-state index < -0.39 is 11.9 Å². The molecule has 0 fully saturated rings. The van der Waals surface area contributed by atoms with E-state index in [9.17, 15) is 9.59 Å². The van der Waals surface area contributed by atoms with Crippen molar-refractivity contribution in [3.8, 4) is 11.3 Å². The maximum Gasteiger partial charge on any atom is 0.338 e. The van der Waals surface area contributed by atoms with Crippen LogP contribution >= 0.6 is 23.2 Å². The number of halogens is 2. The highest BCUT2D eigenvalue weighted by atomic mass is 35.5. The summed E-state index contributed by atoms with van der Waals surface area (Å²) < 4.78 is 10.3. The van der Waals surface area contributed by atoms with E-state index in [0.29, 0.717) is 39.2 Å². The van der Waals surface area contributed by atoms with Gasteiger partial charge in [-0.05, 0) is 49.7 Å². The Kier molecular flexibility index (Phi) is 6.56. The van der Waals surface area contributed by atoms with Crippen molar-refractivity contribution in [3.05, 3.63) is 69.4 Å². The van der Waals surface area contributed by atoms with Gasteiger partial charge in [0.2, 0.25) is 0 Å². The van der Waals surface area contributed by atoms with Crippen LogP contribution in [0.1, 0.15) is 39.8 Å². The number of aryl methyl sites for hydroxylation is 1. The van der Waals surface area contributed by atoms with E-state index in [1.54, 1.807) is 49.4 Å². The lowest BCUT2D eigenvalue weighted by molar-refractivity contribution is 0.0505. The summed E-state index contributed by atoms with van der Waals surface area (Å²) in [4.78, 5) is 24.8. The lowest BCUT2D eigenvalue weighted by Crippen LogP contribution is -2.14. The second kappa shape index (κ2) is 9.11. The van der Waals surface area contributed by atoms with Gasteiger partial charge in [-0.1, -0.05) is 41.3 Å². The summed E-state index contributed by atoms with van der Waals surface area (Å²) >= 11 is 12.5. The number of rotatable bonds is 6. The van der Waals surface area contributed by atoms with Crippen LogP contribution in [0.4, 0.5) is 5.69 Å². The van der Waals surface area contributed by atoms with Gasteiger partial charge in [-0.2, -0.15) is 0 Å². The largest absolute Gasteiger partial charge is 0.462 e. The summed E-state index contributed by atoms with van der Waals surface area (Å²) in [7, 11) is 0. The van der Waals surface area contributed by atoms with E-state index in [1.165, 1.54) is 0 Å². The van der Waals surface area contributed by atoms with Gasteiger partial charge in [0.15, 0.2) is 0 Å². The van der Waals surface area contributed by atoms with Crippen molar-refractivity contribution in [2.75, 3.05) is 11.9 Å². The molecule has 2 aromatic carbocycles. The lowest BCUT2D eigenvalue weighted by Gasteiger charge is -2.09. The number of anilines is 1. The Bertz CT molecular complexity index is 1030. The fourth-order valence-corrected chi connectivity index (χ4v) is 3.27. The molecule has 3 aromatic rings. The molecule has 150 valence electrons. The number of hydrogen-bond acceptors (Lipinski definition) is 5. The first-order chi connectivity index (χ1) is 13.9. The number of nitrogens with one attached hydrogen (secondary N) is 1. The number of benzene rings is 2. The van der Waals surface area contributed by atoms with Gasteiger partial charge in [-0.3, -0.25) is 4.79 Å². The maximum atomic E-state index is 12.9. The van der Waals surface area contributed by atoms with Gasteiger partial charge in [0, 0.05) is 11.3 Å². The lowest BCUT2D eigenvalue weighted by atomic mass is 10.1. The summed E-state index contributed by atoms with van der Waals surface area (Å²) in [5, 5.41) is 7.45. The minimum Gasteiger partial charge on any atom is -0.462 e. The Hall–Kier alpha value is -2.83. The number of nitrogens with zero attached hydrogens (tertiary/aromatic N) is 1. The van der Waals surface area contributed by atoms with E-state index in [1.807, 2.05) is 6.92 Å². The van der Waals surface area contributed by atoms with Crippen molar-refractivity contribution in [1.29, 1.82) is 0 Å². The Balaban J connectivity index is 1.84. The van der Waals surface area contributed by atoms with Crippen LogP contribution in [0, 0.1) is 6.92 Å². The predicted octanol–water partition coefficient (Wildman–Crippen LogP) is 5.78. The molecule has 29 heavy (non-hydrogen) atoms. The molecule has 0 saturated carbocycles. The monoisotopic (exact) mass is 432 g/mol. The molecule has 1 heterocycles. The molecule has 1 aromatic heterocycles. The zero-order valence-electron chi connectivity index (χ0n) is 15.8. The SMILES string of the molecule is CCCOC(=O)c1ccc(NC(=O)c2c(-c3c(Cl)cccc3Cl)noc2C)cc1. The number of ether oxygens (including phenoxy) is 1. The van der Waals surface area contributed by atoms with E-state index in [-0.39, 0.29) is 11.3 Å². The molecular weight excluding hydrogens is 415 g/mol. The smallest absolute Gasteiger partial charge is 0.338 e. The Morgan fingerprint density at radius 2 is 1.76 bits per heavy atom.